The number of benzene rings is 1. The van der Waals surface area contributed by atoms with Crippen LogP contribution in [0.3, 0.4) is 0 Å². The number of hydrogen-bond donors (Lipinski definition) is 2. The molecule has 0 saturated carbocycles. The first-order chi connectivity index (χ1) is 13.5. The number of urea groups is 1. The minimum Gasteiger partial charge on any atom is -0.338 e. The molecule has 2 heterocycles. The number of carbonyl (C=O) groups excluding carboxylic acids is 1. The van der Waals surface area contributed by atoms with Crippen molar-refractivity contribution in [2.45, 2.75) is 46.6 Å². The van der Waals surface area contributed by atoms with Crippen molar-refractivity contribution < 1.29 is 4.79 Å². The summed E-state index contributed by atoms with van der Waals surface area (Å²) < 4.78 is 3.25. The smallest absolute Gasteiger partial charge is 0.319 e. The first kappa shape index (κ1) is 20.3. The molecule has 148 valence electrons. The molecule has 0 unspecified atom stereocenters. The molecule has 0 atom stereocenters. The zero-order valence-corrected chi connectivity index (χ0v) is 18.1. The quantitative estimate of drug-likeness (QED) is 0.537. The lowest BCUT2D eigenvalue weighted by Crippen LogP contribution is -2.28. The minimum absolute atomic E-state index is 0.229. The fourth-order valence-corrected chi connectivity index (χ4v) is 3.37. The van der Waals surface area contributed by atoms with Crippen LogP contribution in [0.1, 0.15) is 43.8 Å². The van der Waals surface area contributed by atoms with E-state index in [9.17, 15) is 4.79 Å². The van der Waals surface area contributed by atoms with Crippen LogP contribution in [0.5, 0.6) is 0 Å². The number of hydrogen-bond acceptors (Lipinski definition) is 3. The number of aryl methyl sites for hydroxylation is 2. The van der Waals surface area contributed by atoms with Gasteiger partial charge in [-0.15, -0.1) is 0 Å². The fraction of sp³-hybridized carbons (Fsp3) is 0.381. The van der Waals surface area contributed by atoms with Gasteiger partial charge in [0.05, 0.1) is 17.9 Å². The zero-order valence-electron chi connectivity index (χ0n) is 16.6. The van der Waals surface area contributed by atoms with Gasteiger partial charge in [-0.3, -0.25) is 0 Å². The van der Waals surface area contributed by atoms with Crippen LogP contribution in [0.4, 0.5) is 10.5 Å². The van der Waals surface area contributed by atoms with Gasteiger partial charge >= 0.3 is 6.03 Å². The number of rotatable bonds is 7. The Kier molecular flexibility index (Phi) is 6.67. The van der Waals surface area contributed by atoms with Gasteiger partial charge in [-0.05, 0) is 44.0 Å². The van der Waals surface area contributed by atoms with Crippen molar-refractivity contribution >= 4 is 38.8 Å². The van der Waals surface area contributed by atoms with E-state index in [1.807, 2.05) is 32.0 Å². The summed E-state index contributed by atoms with van der Waals surface area (Å²) in [7, 11) is 0. The number of imidazole rings is 1. The SMILES string of the molecule is CCCCc1nc2cc(NC(=O)NCC)c(C)nc2n1Cc1ccc(Br)cc1. The molecule has 0 aliphatic carbocycles. The number of nitrogens with zero attached hydrogens (tertiary/aromatic N) is 3. The Morgan fingerprint density at radius 2 is 1.93 bits per heavy atom. The lowest BCUT2D eigenvalue weighted by atomic mass is 10.2. The molecular weight excluding hydrogens is 418 g/mol. The van der Waals surface area contributed by atoms with Crippen molar-refractivity contribution in [3.63, 3.8) is 0 Å². The third-order valence-electron chi connectivity index (χ3n) is 4.58. The molecule has 2 N–H and O–H groups in total. The van der Waals surface area contributed by atoms with E-state index in [0.29, 0.717) is 12.2 Å². The summed E-state index contributed by atoms with van der Waals surface area (Å²) in [6.07, 6.45) is 3.09. The van der Waals surface area contributed by atoms with Crippen molar-refractivity contribution in [2.75, 3.05) is 11.9 Å². The van der Waals surface area contributed by atoms with E-state index in [1.54, 1.807) is 0 Å². The summed E-state index contributed by atoms with van der Waals surface area (Å²) in [5, 5.41) is 5.61. The first-order valence-electron chi connectivity index (χ1n) is 9.67. The molecule has 0 saturated heterocycles. The van der Waals surface area contributed by atoms with Gasteiger partial charge in [-0.2, -0.15) is 0 Å². The molecule has 3 rings (SSSR count). The number of fused-ring (bicyclic) bond motifs is 1. The van der Waals surface area contributed by atoms with Gasteiger partial charge in [0.2, 0.25) is 0 Å². The van der Waals surface area contributed by atoms with Gasteiger partial charge in [0, 0.05) is 17.4 Å². The van der Waals surface area contributed by atoms with E-state index in [1.165, 1.54) is 5.56 Å². The Morgan fingerprint density at radius 3 is 2.61 bits per heavy atom. The molecule has 7 heteroatoms. The Bertz CT molecular complexity index is 965. The third-order valence-corrected chi connectivity index (χ3v) is 5.11. The van der Waals surface area contributed by atoms with Crippen molar-refractivity contribution in [1.29, 1.82) is 0 Å². The van der Waals surface area contributed by atoms with E-state index >= 15 is 0 Å². The minimum atomic E-state index is -0.229. The second-order valence-corrected chi connectivity index (χ2v) is 7.71. The summed E-state index contributed by atoms with van der Waals surface area (Å²) in [6, 6.07) is 10.0. The number of carbonyl (C=O) groups is 1. The van der Waals surface area contributed by atoms with Gasteiger partial charge in [-0.1, -0.05) is 41.4 Å². The van der Waals surface area contributed by atoms with E-state index in [0.717, 1.165) is 53.0 Å². The highest BCUT2D eigenvalue weighted by Gasteiger charge is 2.15. The van der Waals surface area contributed by atoms with Crippen LogP contribution in [0.2, 0.25) is 0 Å². The average molecular weight is 444 g/mol. The summed E-state index contributed by atoms with van der Waals surface area (Å²) in [5.41, 5.74) is 4.32. The van der Waals surface area contributed by atoms with Crippen LogP contribution in [-0.2, 0) is 13.0 Å². The van der Waals surface area contributed by atoms with Crippen LogP contribution in [0.25, 0.3) is 11.2 Å². The number of amides is 2. The summed E-state index contributed by atoms with van der Waals surface area (Å²) in [4.78, 5) is 21.5. The highest BCUT2D eigenvalue weighted by atomic mass is 79.9. The normalized spacial score (nSPS) is 11.0. The Balaban J connectivity index is 2.00. The maximum Gasteiger partial charge on any atom is 0.319 e. The summed E-state index contributed by atoms with van der Waals surface area (Å²) in [5.74, 6) is 1.03. The molecule has 0 fully saturated rings. The molecule has 0 radical (unpaired) electrons. The second kappa shape index (κ2) is 9.19. The first-order valence-corrected chi connectivity index (χ1v) is 10.5. The van der Waals surface area contributed by atoms with Crippen LogP contribution >= 0.6 is 15.9 Å². The Morgan fingerprint density at radius 1 is 1.18 bits per heavy atom. The number of anilines is 1. The Labute approximate surface area is 173 Å². The predicted octanol–water partition coefficient (Wildman–Crippen LogP) is 5.03. The topological polar surface area (TPSA) is 71.8 Å². The van der Waals surface area contributed by atoms with E-state index < -0.39 is 0 Å². The summed E-state index contributed by atoms with van der Waals surface area (Å²) >= 11 is 3.49. The van der Waals surface area contributed by atoms with Crippen molar-refractivity contribution in [3.8, 4) is 0 Å². The predicted molar refractivity (Wildman–Crippen MR) is 117 cm³/mol. The largest absolute Gasteiger partial charge is 0.338 e. The number of nitrogens with one attached hydrogen (secondary N) is 2. The molecule has 2 amide bonds. The van der Waals surface area contributed by atoms with E-state index in [4.69, 9.17) is 9.97 Å². The van der Waals surface area contributed by atoms with Crippen molar-refractivity contribution in [3.05, 3.63) is 51.9 Å². The highest BCUT2D eigenvalue weighted by Crippen LogP contribution is 2.24. The van der Waals surface area contributed by atoms with Crippen molar-refractivity contribution in [2.24, 2.45) is 0 Å². The second-order valence-electron chi connectivity index (χ2n) is 6.79. The third kappa shape index (κ3) is 4.70. The lowest BCUT2D eigenvalue weighted by molar-refractivity contribution is 0.252. The molecule has 0 aliphatic rings. The summed E-state index contributed by atoms with van der Waals surface area (Å²) in [6.45, 7) is 7.27. The highest BCUT2D eigenvalue weighted by molar-refractivity contribution is 9.10. The van der Waals surface area contributed by atoms with Crippen LogP contribution < -0.4 is 10.6 Å². The fourth-order valence-electron chi connectivity index (χ4n) is 3.10. The molecule has 0 aliphatic heterocycles. The van der Waals surface area contributed by atoms with Crippen LogP contribution in [0, 0.1) is 6.92 Å². The molecule has 2 aromatic heterocycles. The van der Waals surface area contributed by atoms with Gasteiger partial charge in [0.15, 0.2) is 5.65 Å². The molecule has 28 heavy (non-hydrogen) atoms. The van der Waals surface area contributed by atoms with Gasteiger partial charge < -0.3 is 15.2 Å². The van der Waals surface area contributed by atoms with Crippen molar-refractivity contribution in [1.82, 2.24) is 19.9 Å². The number of pyridine rings is 1. The molecule has 0 bridgehead atoms. The lowest BCUT2D eigenvalue weighted by Gasteiger charge is -2.11. The molecule has 0 spiro atoms. The monoisotopic (exact) mass is 443 g/mol. The molecule has 1 aromatic carbocycles. The van der Waals surface area contributed by atoms with Crippen LogP contribution in [0.15, 0.2) is 34.8 Å². The maximum absolute atomic E-state index is 11.9. The van der Waals surface area contributed by atoms with Gasteiger partial charge in [-0.25, -0.2) is 14.8 Å². The average Bonchev–Trinajstić information content (AvgIpc) is 2.99. The number of aromatic nitrogens is 3. The number of unbranched alkanes of at least 4 members (excludes halogenated alkanes) is 1. The molecule has 6 nitrogen and oxygen atoms in total. The van der Waals surface area contributed by atoms with Gasteiger partial charge in [0.1, 0.15) is 11.3 Å². The van der Waals surface area contributed by atoms with E-state index in [-0.39, 0.29) is 6.03 Å². The van der Waals surface area contributed by atoms with Crippen LogP contribution in [-0.4, -0.2) is 27.1 Å². The molecule has 3 aromatic rings. The zero-order chi connectivity index (χ0) is 20.1. The maximum atomic E-state index is 11.9. The van der Waals surface area contributed by atoms with Gasteiger partial charge in [0.25, 0.3) is 0 Å². The Hall–Kier alpha value is -2.41. The number of halogens is 1. The standard InChI is InChI=1S/C21H26BrN5O/c1-4-6-7-19-25-18-12-17(26-21(28)23-5-2)14(3)24-20(18)27(19)13-15-8-10-16(22)11-9-15/h8-12H,4-7,13H2,1-3H3,(H2,23,26,28). The van der Waals surface area contributed by atoms with E-state index in [2.05, 4.69) is 50.2 Å². The molecular formula is C21H26BrN5O.